The van der Waals surface area contributed by atoms with Gasteiger partial charge >= 0.3 is 12.1 Å². The number of likely N-dealkylation sites (tertiary alicyclic amines) is 1. The van der Waals surface area contributed by atoms with Gasteiger partial charge in [0.1, 0.15) is 0 Å². The van der Waals surface area contributed by atoms with Crippen LogP contribution in [0, 0.1) is 0 Å². The number of benzene rings is 1. The highest BCUT2D eigenvalue weighted by Gasteiger charge is 2.38. The Hall–Kier alpha value is -1.22. The number of aliphatic carboxylic acids is 1. The van der Waals surface area contributed by atoms with Gasteiger partial charge < -0.3 is 21.1 Å². The second-order valence-electron chi connectivity index (χ2n) is 5.48. The number of piperidine rings is 1. The minimum absolute atomic E-state index is 0.510. The third kappa shape index (κ3) is 8.13. The maximum absolute atomic E-state index is 10.6. The predicted molar refractivity (Wildman–Crippen MR) is 92.3 cm³/mol. The summed E-state index contributed by atoms with van der Waals surface area (Å²) in [6, 6.07) is 6.20. The van der Waals surface area contributed by atoms with Gasteiger partial charge in [-0.05, 0) is 31.0 Å². The number of nitrogens with two attached hydrogens (primary N) is 1. The van der Waals surface area contributed by atoms with Crippen LogP contribution in [0.15, 0.2) is 18.2 Å². The summed E-state index contributed by atoms with van der Waals surface area (Å²) in [5.41, 5.74) is 6.61. The second-order valence-corrected chi connectivity index (χ2v) is 6.30. The largest absolute Gasteiger partial charge is 0.490 e. The number of hydrogen-bond acceptors (Lipinski definition) is 4. The molecule has 142 valence electrons. The van der Waals surface area contributed by atoms with Crippen molar-refractivity contribution in [3.63, 3.8) is 0 Å². The van der Waals surface area contributed by atoms with E-state index in [2.05, 4.69) is 10.2 Å². The van der Waals surface area contributed by atoms with Crippen molar-refractivity contribution >= 4 is 34.9 Å². The summed E-state index contributed by atoms with van der Waals surface area (Å²) < 4.78 is 31.7. The number of alkyl halides is 3. The molecule has 0 aliphatic carbocycles. The molecule has 2 rings (SSSR count). The van der Waals surface area contributed by atoms with Crippen LogP contribution in [-0.2, 0) is 4.79 Å². The summed E-state index contributed by atoms with van der Waals surface area (Å²) in [6.45, 7) is 3.96. The highest BCUT2D eigenvalue weighted by Crippen LogP contribution is 2.26. The van der Waals surface area contributed by atoms with Gasteiger partial charge in [0.2, 0.25) is 0 Å². The molecule has 0 bridgehead atoms. The maximum atomic E-state index is 10.6. The van der Waals surface area contributed by atoms with Crippen molar-refractivity contribution in [1.82, 2.24) is 4.90 Å². The molecule has 0 saturated carbocycles. The monoisotopic (exact) mass is 401 g/mol. The van der Waals surface area contributed by atoms with E-state index in [0.717, 1.165) is 44.7 Å². The third-order valence-electron chi connectivity index (χ3n) is 3.57. The first kappa shape index (κ1) is 21.8. The van der Waals surface area contributed by atoms with E-state index in [1.165, 1.54) is 0 Å². The summed E-state index contributed by atoms with van der Waals surface area (Å²) in [7, 11) is 0. The highest BCUT2D eigenvalue weighted by atomic mass is 35.5. The molecular formula is C15H20Cl2F3N3O2. The van der Waals surface area contributed by atoms with Crippen LogP contribution in [0.1, 0.15) is 12.8 Å². The van der Waals surface area contributed by atoms with E-state index in [1.54, 1.807) is 0 Å². The van der Waals surface area contributed by atoms with Gasteiger partial charge in [-0.1, -0.05) is 23.2 Å². The number of nitrogens with one attached hydrogen (secondary N) is 1. The molecule has 1 aliphatic heterocycles. The van der Waals surface area contributed by atoms with Gasteiger partial charge in [-0.25, -0.2) is 4.79 Å². The number of anilines is 1. The van der Waals surface area contributed by atoms with Crippen LogP contribution in [0.25, 0.3) is 0 Å². The van der Waals surface area contributed by atoms with Crippen molar-refractivity contribution in [2.45, 2.75) is 25.1 Å². The molecule has 0 atom stereocenters. The zero-order valence-corrected chi connectivity index (χ0v) is 14.8. The van der Waals surface area contributed by atoms with E-state index < -0.39 is 12.1 Å². The van der Waals surface area contributed by atoms with Gasteiger partial charge in [-0.2, -0.15) is 13.2 Å². The first-order valence-electron chi connectivity index (χ1n) is 7.57. The Kier molecular flexibility index (Phi) is 8.78. The van der Waals surface area contributed by atoms with Crippen molar-refractivity contribution in [1.29, 1.82) is 0 Å². The van der Waals surface area contributed by atoms with E-state index in [-0.39, 0.29) is 0 Å². The summed E-state index contributed by atoms with van der Waals surface area (Å²) in [4.78, 5) is 11.3. The Morgan fingerprint density at radius 2 is 1.84 bits per heavy atom. The lowest BCUT2D eigenvalue weighted by Gasteiger charge is -2.32. The molecular weight excluding hydrogens is 382 g/mol. The van der Waals surface area contributed by atoms with E-state index in [0.29, 0.717) is 16.1 Å². The number of carboxylic acid groups (broad SMARTS) is 1. The molecule has 0 aromatic heterocycles. The smallest absolute Gasteiger partial charge is 0.475 e. The van der Waals surface area contributed by atoms with Crippen LogP contribution >= 0.6 is 23.2 Å². The fourth-order valence-corrected chi connectivity index (χ4v) is 2.60. The Bertz CT molecular complexity index is 565. The molecule has 10 heteroatoms. The van der Waals surface area contributed by atoms with Gasteiger partial charge in [0.05, 0.1) is 10.0 Å². The Labute approximate surface area is 153 Å². The third-order valence-corrected chi connectivity index (χ3v) is 4.30. The summed E-state index contributed by atoms with van der Waals surface area (Å²) >= 11 is 11.9. The molecule has 1 aromatic rings. The van der Waals surface area contributed by atoms with Crippen LogP contribution in [0.4, 0.5) is 18.9 Å². The zero-order valence-electron chi connectivity index (χ0n) is 13.3. The number of halogens is 5. The number of nitrogens with zero attached hydrogens (tertiary/aromatic N) is 1. The molecule has 1 aromatic carbocycles. The molecule has 0 unspecified atom stereocenters. The minimum atomic E-state index is -5.08. The van der Waals surface area contributed by atoms with Crippen molar-refractivity contribution in [3.8, 4) is 0 Å². The molecule has 25 heavy (non-hydrogen) atoms. The van der Waals surface area contributed by atoms with Crippen LogP contribution in [-0.4, -0.2) is 54.4 Å². The topological polar surface area (TPSA) is 78.6 Å². The molecule has 0 amide bonds. The van der Waals surface area contributed by atoms with Gasteiger partial charge in [0.15, 0.2) is 0 Å². The lowest BCUT2D eigenvalue weighted by Crippen LogP contribution is -2.41. The Morgan fingerprint density at radius 3 is 2.28 bits per heavy atom. The summed E-state index contributed by atoms with van der Waals surface area (Å²) in [5, 5.41) is 11.8. The molecule has 1 aliphatic rings. The van der Waals surface area contributed by atoms with Crippen LogP contribution in [0.3, 0.4) is 0 Å². The average Bonchev–Trinajstić information content (AvgIpc) is 2.53. The molecule has 4 N–H and O–H groups in total. The molecule has 1 saturated heterocycles. The van der Waals surface area contributed by atoms with Gasteiger partial charge in [0.25, 0.3) is 0 Å². The quantitative estimate of drug-likeness (QED) is 0.719. The number of carboxylic acids is 1. The summed E-state index contributed by atoms with van der Waals surface area (Å²) in [5.74, 6) is -2.76. The van der Waals surface area contributed by atoms with E-state index >= 15 is 0 Å². The standard InChI is InChI=1S/C13H19Cl2N3.C2HF3O2/c14-12-2-1-11(9-13(12)15)17-10-3-6-18(7-4-10)8-5-16;3-2(4,5)1(6)7/h1-2,9-10,17H,3-8,16H2;(H,6,7). The fraction of sp³-hybridized carbons (Fsp3) is 0.533. The number of hydrogen-bond donors (Lipinski definition) is 3. The van der Waals surface area contributed by atoms with E-state index in [9.17, 15) is 13.2 Å². The van der Waals surface area contributed by atoms with E-state index in [1.807, 2.05) is 18.2 Å². The van der Waals surface area contributed by atoms with Crippen LogP contribution in [0.5, 0.6) is 0 Å². The first-order valence-corrected chi connectivity index (χ1v) is 8.33. The first-order chi connectivity index (χ1) is 11.6. The second kappa shape index (κ2) is 10.1. The zero-order chi connectivity index (χ0) is 19.0. The maximum Gasteiger partial charge on any atom is 0.490 e. The predicted octanol–water partition coefficient (Wildman–Crippen LogP) is 3.46. The fourth-order valence-electron chi connectivity index (χ4n) is 2.31. The van der Waals surface area contributed by atoms with Crippen molar-refractivity contribution in [2.75, 3.05) is 31.5 Å². The van der Waals surface area contributed by atoms with Crippen LogP contribution < -0.4 is 11.1 Å². The SMILES string of the molecule is NCCN1CCC(Nc2ccc(Cl)c(Cl)c2)CC1.O=C(O)C(F)(F)F. The lowest BCUT2D eigenvalue weighted by molar-refractivity contribution is -0.192. The van der Waals surface area contributed by atoms with Gasteiger partial charge in [0, 0.05) is 37.9 Å². The Balaban J connectivity index is 0.000000381. The molecule has 0 radical (unpaired) electrons. The van der Waals surface area contributed by atoms with Crippen molar-refractivity contribution in [2.24, 2.45) is 5.73 Å². The molecule has 0 spiro atoms. The molecule has 1 fully saturated rings. The van der Waals surface area contributed by atoms with Gasteiger partial charge in [-0.3, -0.25) is 0 Å². The average molecular weight is 402 g/mol. The van der Waals surface area contributed by atoms with Gasteiger partial charge in [-0.15, -0.1) is 0 Å². The van der Waals surface area contributed by atoms with E-state index in [4.69, 9.17) is 38.8 Å². The van der Waals surface area contributed by atoms with Crippen molar-refractivity contribution in [3.05, 3.63) is 28.2 Å². The lowest BCUT2D eigenvalue weighted by atomic mass is 10.0. The highest BCUT2D eigenvalue weighted by molar-refractivity contribution is 6.42. The Morgan fingerprint density at radius 1 is 1.28 bits per heavy atom. The number of carbonyl (C=O) groups is 1. The number of rotatable bonds is 4. The normalized spacial score (nSPS) is 16.1. The molecule has 5 nitrogen and oxygen atoms in total. The summed E-state index contributed by atoms with van der Waals surface area (Å²) in [6.07, 6.45) is -2.81. The van der Waals surface area contributed by atoms with Crippen LogP contribution in [0.2, 0.25) is 10.0 Å². The minimum Gasteiger partial charge on any atom is -0.475 e. The van der Waals surface area contributed by atoms with Crippen molar-refractivity contribution < 1.29 is 23.1 Å². The molecule has 1 heterocycles.